The van der Waals surface area contributed by atoms with Crippen LogP contribution >= 0.6 is 0 Å². The van der Waals surface area contributed by atoms with Crippen LogP contribution in [0.25, 0.3) is 5.57 Å². The van der Waals surface area contributed by atoms with Crippen molar-refractivity contribution in [2.24, 2.45) is 5.92 Å². The highest BCUT2D eigenvalue weighted by atomic mass is 15.2. The van der Waals surface area contributed by atoms with Crippen molar-refractivity contribution in [2.75, 3.05) is 13.1 Å². The van der Waals surface area contributed by atoms with Gasteiger partial charge in [0.1, 0.15) is 0 Å². The molecule has 2 aliphatic rings. The Morgan fingerprint density at radius 2 is 2.31 bits per heavy atom. The van der Waals surface area contributed by atoms with E-state index in [-0.39, 0.29) is 0 Å². The second kappa shape index (κ2) is 3.70. The molecule has 2 atom stereocenters. The lowest BCUT2D eigenvalue weighted by Crippen LogP contribution is -2.31. The van der Waals surface area contributed by atoms with Crippen molar-refractivity contribution in [3.63, 3.8) is 0 Å². The number of hydrogen-bond acceptors (Lipinski definition) is 2. The van der Waals surface area contributed by atoms with E-state index in [0.717, 1.165) is 12.5 Å². The maximum Gasteiger partial charge on any atom is 0.0357 e. The Morgan fingerprint density at radius 1 is 1.44 bits per heavy atom. The van der Waals surface area contributed by atoms with E-state index >= 15 is 0 Å². The number of nitrogens with zero attached hydrogens (tertiary/aromatic N) is 2. The van der Waals surface area contributed by atoms with Gasteiger partial charge >= 0.3 is 0 Å². The average Bonchev–Trinajstić information content (AvgIpc) is 2.87. The largest absolute Gasteiger partial charge is 0.296 e. The van der Waals surface area contributed by atoms with Gasteiger partial charge in [-0.1, -0.05) is 13.0 Å². The summed E-state index contributed by atoms with van der Waals surface area (Å²) >= 11 is 0. The molecule has 0 aromatic carbocycles. The van der Waals surface area contributed by atoms with Gasteiger partial charge in [0.2, 0.25) is 0 Å². The van der Waals surface area contributed by atoms with Gasteiger partial charge in [0, 0.05) is 25.0 Å². The molecule has 1 fully saturated rings. The molecule has 1 unspecified atom stereocenters. The molecule has 2 bridgehead atoms. The fraction of sp³-hybridized carbons (Fsp3) is 0.500. The Balaban J connectivity index is 1.95. The molecule has 1 aromatic rings. The lowest BCUT2D eigenvalue weighted by molar-refractivity contribution is 0.303. The smallest absolute Gasteiger partial charge is 0.0357 e. The first-order valence-corrected chi connectivity index (χ1v) is 6.15. The third kappa shape index (κ3) is 1.49. The van der Waals surface area contributed by atoms with Gasteiger partial charge in [0.15, 0.2) is 0 Å². The van der Waals surface area contributed by atoms with Gasteiger partial charge in [-0.3, -0.25) is 9.88 Å². The molecular formula is C14H18N2. The first kappa shape index (κ1) is 10.0. The number of aryl methyl sites for hydroxylation is 1. The van der Waals surface area contributed by atoms with E-state index in [1.54, 1.807) is 0 Å². The predicted molar refractivity (Wildman–Crippen MR) is 66.1 cm³/mol. The molecule has 1 aliphatic heterocycles. The van der Waals surface area contributed by atoms with Gasteiger partial charge in [-0.15, -0.1) is 0 Å². The molecule has 2 nitrogen and oxygen atoms in total. The van der Waals surface area contributed by atoms with E-state index in [9.17, 15) is 0 Å². The van der Waals surface area contributed by atoms with Crippen LogP contribution in [0, 0.1) is 12.8 Å². The van der Waals surface area contributed by atoms with E-state index < -0.39 is 0 Å². The van der Waals surface area contributed by atoms with Gasteiger partial charge < -0.3 is 0 Å². The Hall–Kier alpha value is -1.15. The number of pyridine rings is 1. The van der Waals surface area contributed by atoms with E-state index in [2.05, 4.69) is 35.9 Å². The zero-order chi connectivity index (χ0) is 11.1. The minimum Gasteiger partial charge on any atom is -0.296 e. The van der Waals surface area contributed by atoms with Crippen LogP contribution in [0.2, 0.25) is 0 Å². The van der Waals surface area contributed by atoms with Crippen LogP contribution in [0.5, 0.6) is 0 Å². The molecule has 16 heavy (non-hydrogen) atoms. The highest BCUT2D eigenvalue weighted by Crippen LogP contribution is 2.41. The summed E-state index contributed by atoms with van der Waals surface area (Å²) in [6, 6.07) is 2.91. The minimum atomic E-state index is 0.651. The summed E-state index contributed by atoms with van der Waals surface area (Å²) in [5.41, 5.74) is 4.09. The summed E-state index contributed by atoms with van der Waals surface area (Å²) in [4.78, 5) is 6.89. The summed E-state index contributed by atoms with van der Waals surface area (Å²) < 4.78 is 0. The number of likely N-dealkylation sites (N-methyl/N-ethyl adjacent to an activating group) is 1. The SMILES string of the molecule is CCN1C[C@@H]2C=C(c3cncc(C)c3)C1C2. The van der Waals surface area contributed by atoms with Gasteiger partial charge in [0.25, 0.3) is 0 Å². The number of hydrogen-bond donors (Lipinski definition) is 0. The Bertz CT molecular complexity index is 436. The van der Waals surface area contributed by atoms with Gasteiger partial charge in [-0.2, -0.15) is 0 Å². The third-order valence-electron chi connectivity index (χ3n) is 3.82. The lowest BCUT2D eigenvalue weighted by Gasteiger charge is -2.27. The standard InChI is InChI=1S/C14H18N2/c1-3-16-9-11-5-13(14(16)6-11)12-4-10(2)7-15-8-12/h4-5,7-8,11,14H,3,6,9H2,1-2H3/t11-,14?/m1/s1. The molecule has 0 N–H and O–H groups in total. The van der Waals surface area contributed by atoms with Crippen molar-refractivity contribution >= 4 is 5.57 Å². The average molecular weight is 214 g/mol. The van der Waals surface area contributed by atoms with Crippen LogP contribution in [0.4, 0.5) is 0 Å². The number of likely N-dealkylation sites (tertiary alicyclic amines) is 1. The zero-order valence-corrected chi connectivity index (χ0v) is 9.98. The van der Waals surface area contributed by atoms with Crippen LogP contribution in [0.15, 0.2) is 24.5 Å². The number of aromatic nitrogens is 1. The van der Waals surface area contributed by atoms with Crippen molar-refractivity contribution in [3.8, 4) is 0 Å². The maximum atomic E-state index is 4.30. The van der Waals surface area contributed by atoms with Crippen LogP contribution in [-0.4, -0.2) is 29.0 Å². The van der Waals surface area contributed by atoms with Gasteiger partial charge in [-0.25, -0.2) is 0 Å². The van der Waals surface area contributed by atoms with Crippen LogP contribution in [-0.2, 0) is 0 Å². The molecule has 0 amide bonds. The Labute approximate surface area is 97.0 Å². The molecule has 1 aliphatic carbocycles. The Morgan fingerprint density at radius 3 is 3.00 bits per heavy atom. The molecule has 2 heterocycles. The van der Waals surface area contributed by atoms with Crippen molar-refractivity contribution in [1.29, 1.82) is 0 Å². The summed E-state index contributed by atoms with van der Waals surface area (Å²) in [6.07, 6.45) is 7.71. The summed E-state index contributed by atoms with van der Waals surface area (Å²) in [5.74, 6) is 0.778. The molecule has 84 valence electrons. The normalized spacial score (nSPS) is 28.5. The van der Waals surface area contributed by atoms with Gasteiger partial charge in [0.05, 0.1) is 0 Å². The molecule has 3 rings (SSSR count). The molecule has 1 saturated heterocycles. The number of rotatable bonds is 2. The summed E-state index contributed by atoms with van der Waals surface area (Å²) in [6.45, 7) is 6.79. The van der Waals surface area contributed by atoms with Crippen LogP contribution in [0.1, 0.15) is 24.5 Å². The maximum absolute atomic E-state index is 4.30. The molecule has 0 saturated carbocycles. The zero-order valence-electron chi connectivity index (χ0n) is 9.98. The van der Waals surface area contributed by atoms with Crippen LogP contribution < -0.4 is 0 Å². The van der Waals surface area contributed by atoms with Crippen molar-refractivity contribution in [3.05, 3.63) is 35.7 Å². The van der Waals surface area contributed by atoms with E-state index in [1.807, 2.05) is 12.4 Å². The second-order valence-corrected chi connectivity index (χ2v) is 4.97. The van der Waals surface area contributed by atoms with E-state index in [1.165, 1.54) is 29.7 Å². The predicted octanol–water partition coefficient (Wildman–Crippen LogP) is 2.50. The van der Waals surface area contributed by atoms with Gasteiger partial charge in [-0.05, 0) is 48.6 Å². The quantitative estimate of drug-likeness (QED) is 0.752. The second-order valence-electron chi connectivity index (χ2n) is 4.97. The fourth-order valence-corrected chi connectivity index (χ4v) is 3.10. The van der Waals surface area contributed by atoms with Crippen LogP contribution in [0.3, 0.4) is 0 Å². The molecule has 1 aromatic heterocycles. The molecule has 2 heteroatoms. The minimum absolute atomic E-state index is 0.651. The molecule has 0 spiro atoms. The van der Waals surface area contributed by atoms with E-state index in [0.29, 0.717) is 6.04 Å². The monoisotopic (exact) mass is 214 g/mol. The number of fused-ring (bicyclic) bond motifs is 2. The fourth-order valence-electron chi connectivity index (χ4n) is 3.10. The topological polar surface area (TPSA) is 16.1 Å². The first-order chi connectivity index (χ1) is 7.78. The van der Waals surface area contributed by atoms with E-state index in [4.69, 9.17) is 0 Å². The van der Waals surface area contributed by atoms with Crippen molar-refractivity contribution in [1.82, 2.24) is 9.88 Å². The first-order valence-electron chi connectivity index (χ1n) is 6.15. The third-order valence-corrected chi connectivity index (χ3v) is 3.82. The summed E-state index contributed by atoms with van der Waals surface area (Å²) in [7, 11) is 0. The highest BCUT2D eigenvalue weighted by Gasteiger charge is 2.38. The lowest BCUT2D eigenvalue weighted by atomic mass is 10.0. The van der Waals surface area contributed by atoms with Crippen molar-refractivity contribution in [2.45, 2.75) is 26.3 Å². The molecule has 0 radical (unpaired) electrons. The highest BCUT2D eigenvalue weighted by molar-refractivity contribution is 5.72. The molecular weight excluding hydrogens is 196 g/mol. The summed E-state index contributed by atoms with van der Waals surface area (Å²) in [5, 5.41) is 0. The van der Waals surface area contributed by atoms with Crippen molar-refractivity contribution < 1.29 is 0 Å². The Kier molecular flexibility index (Phi) is 2.32.